The zero-order valence-corrected chi connectivity index (χ0v) is 16.7. The lowest BCUT2D eigenvalue weighted by molar-refractivity contribution is -0.123. The number of aromatic hydroxyl groups is 1. The van der Waals surface area contributed by atoms with Crippen molar-refractivity contribution in [2.45, 2.75) is 6.92 Å². The summed E-state index contributed by atoms with van der Waals surface area (Å²) in [5, 5.41) is 13.5. The molecular formula is C17H16Br2N2O4. The molecule has 6 nitrogen and oxygen atoms in total. The minimum atomic E-state index is -0.444. The van der Waals surface area contributed by atoms with Crippen LogP contribution in [0.15, 0.2) is 44.4 Å². The first-order chi connectivity index (χ1) is 11.9. The van der Waals surface area contributed by atoms with E-state index in [4.69, 9.17) is 9.47 Å². The van der Waals surface area contributed by atoms with Gasteiger partial charge in [-0.15, -0.1) is 0 Å². The van der Waals surface area contributed by atoms with E-state index in [0.29, 0.717) is 21.5 Å². The quantitative estimate of drug-likeness (QED) is 0.496. The Kier molecular flexibility index (Phi) is 6.83. The smallest absolute Gasteiger partial charge is 0.277 e. The largest absolute Gasteiger partial charge is 0.507 e. The summed E-state index contributed by atoms with van der Waals surface area (Å²) in [7, 11) is 1.51. The van der Waals surface area contributed by atoms with Crippen LogP contribution in [-0.2, 0) is 4.79 Å². The van der Waals surface area contributed by atoms with Gasteiger partial charge in [-0.05, 0) is 47.1 Å². The van der Waals surface area contributed by atoms with Gasteiger partial charge in [-0.2, -0.15) is 5.10 Å². The standard InChI is InChI=1S/C17H16Br2N2O4/c1-10-3-4-14(22)11(5-10)8-20-21-16(23)9-25-17-13(19)6-12(18)7-15(17)24-2/h3-8,22H,9H2,1-2H3,(H,21,23). The van der Waals surface area contributed by atoms with Crippen LogP contribution in [0.2, 0.25) is 0 Å². The topological polar surface area (TPSA) is 80.2 Å². The predicted octanol–water partition coefficient (Wildman–Crippen LogP) is 3.76. The van der Waals surface area contributed by atoms with Gasteiger partial charge in [-0.1, -0.05) is 27.6 Å². The number of benzene rings is 2. The third-order valence-electron chi connectivity index (χ3n) is 3.12. The molecule has 132 valence electrons. The van der Waals surface area contributed by atoms with Crippen LogP contribution in [-0.4, -0.2) is 30.9 Å². The predicted molar refractivity (Wildman–Crippen MR) is 102 cm³/mol. The molecule has 1 amide bonds. The van der Waals surface area contributed by atoms with E-state index in [1.54, 1.807) is 30.3 Å². The molecule has 25 heavy (non-hydrogen) atoms. The Balaban J connectivity index is 1.95. The van der Waals surface area contributed by atoms with Crippen molar-refractivity contribution in [2.24, 2.45) is 5.10 Å². The van der Waals surface area contributed by atoms with Gasteiger partial charge in [0, 0.05) is 10.0 Å². The summed E-state index contributed by atoms with van der Waals surface area (Å²) < 4.78 is 12.2. The van der Waals surface area contributed by atoms with E-state index in [1.165, 1.54) is 13.3 Å². The van der Waals surface area contributed by atoms with E-state index >= 15 is 0 Å². The summed E-state index contributed by atoms with van der Waals surface area (Å²) >= 11 is 6.71. The monoisotopic (exact) mass is 470 g/mol. The van der Waals surface area contributed by atoms with E-state index in [-0.39, 0.29) is 12.4 Å². The Morgan fingerprint density at radius 2 is 2.08 bits per heavy atom. The number of hydrogen-bond donors (Lipinski definition) is 2. The lowest BCUT2D eigenvalue weighted by Gasteiger charge is -2.12. The van der Waals surface area contributed by atoms with Gasteiger partial charge in [0.2, 0.25) is 0 Å². The number of hydrogen-bond acceptors (Lipinski definition) is 5. The van der Waals surface area contributed by atoms with Crippen molar-refractivity contribution in [3.8, 4) is 17.2 Å². The molecule has 0 atom stereocenters. The molecule has 0 spiro atoms. The van der Waals surface area contributed by atoms with Gasteiger partial charge in [0.1, 0.15) is 5.75 Å². The molecule has 2 aromatic rings. The molecule has 0 unspecified atom stereocenters. The second-order valence-corrected chi connectivity index (χ2v) is 6.83. The summed E-state index contributed by atoms with van der Waals surface area (Å²) in [6, 6.07) is 8.62. The normalized spacial score (nSPS) is 10.7. The van der Waals surface area contributed by atoms with Gasteiger partial charge in [-0.25, -0.2) is 5.43 Å². The molecule has 0 aliphatic rings. The van der Waals surface area contributed by atoms with E-state index in [1.807, 2.05) is 6.92 Å². The maximum Gasteiger partial charge on any atom is 0.277 e. The molecule has 0 fully saturated rings. The lowest BCUT2D eigenvalue weighted by Crippen LogP contribution is -2.24. The molecule has 2 aromatic carbocycles. The highest BCUT2D eigenvalue weighted by molar-refractivity contribution is 9.11. The number of methoxy groups -OCH3 is 1. The van der Waals surface area contributed by atoms with Crippen molar-refractivity contribution in [3.05, 3.63) is 50.4 Å². The molecule has 0 aromatic heterocycles. The molecule has 0 bridgehead atoms. The minimum Gasteiger partial charge on any atom is -0.507 e. The molecule has 8 heteroatoms. The minimum absolute atomic E-state index is 0.0865. The first-order valence-electron chi connectivity index (χ1n) is 7.18. The number of carbonyl (C=O) groups is 1. The number of carbonyl (C=O) groups excluding carboxylic acids is 1. The molecular weight excluding hydrogens is 456 g/mol. The van der Waals surface area contributed by atoms with Gasteiger partial charge in [0.25, 0.3) is 5.91 Å². The van der Waals surface area contributed by atoms with E-state index < -0.39 is 5.91 Å². The van der Waals surface area contributed by atoms with Crippen molar-refractivity contribution in [2.75, 3.05) is 13.7 Å². The Labute approximate surface area is 162 Å². The number of ether oxygens (including phenoxy) is 2. The van der Waals surface area contributed by atoms with Gasteiger partial charge >= 0.3 is 0 Å². The van der Waals surface area contributed by atoms with Gasteiger partial charge < -0.3 is 14.6 Å². The maximum absolute atomic E-state index is 11.9. The summed E-state index contributed by atoms with van der Waals surface area (Å²) in [4.78, 5) is 11.9. The Hall–Kier alpha value is -2.06. The lowest BCUT2D eigenvalue weighted by atomic mass is 10.1. The van der Waals surface area contributed by atoms with Crippen molar-refractivity contribution >= 4 is 44.0 Å². The molecule has 2 rings (SSSR count). The van der Waals surface area contributed by atoms with Gasteiger partial charge in [0.05, 0.1) is 17.8 Å². The Bertz CT molecular complexity index is 809. The fourth-order valence-corrected chi connectivity index (χ4v) is 3.25. The van der Waals surface area contributed by atoms with Crippen LogP contribution in [0, 0.1) is 6.92 Å². The number of hydrazone groups is 1. The fraction of sp³-hybridized carbons (Fsp3) is 0.176. The summed E-state index contributed by atoms with van der Waals surface area (Å²) in [6.07, 6.45) is 1.37. The number of nitrogens with zero attached hydrogens (tertiary/aromatic N) is 1. The van der Waals surface area contributed by atoms with Crippen molar-refractivity contribution in [3.63, 3.8) is 0 Å². The average Bonchev–Trinajstić information content (AvgIpc) is 2.56. The molecule has 2 N–H and O–H groups in total. The Morgan fingerprint density at radius 1 is 1.32 bits per heavy atom. The van der Waals surface area contributed by atoms with Crippen LogP contribution < -0.4 is 14.9 Å². The van der Waals surface area contributed by atoms with Crippen LogP contribution in [0.1, 0.15) is 11.1 Å². The van der Waals surface area contributed by atoms with E-state index in [0.717, 1.165) is 10.0 Å². The average molecular weight is 472 g/mol. The molecule has 0 radical (unpaired) electrons. The number of rotatable bonds is 6. The van der Waals surface area contributed by atoms with Crippen molar-refractivity contribution in [1.29, 1.82) is 0 Å². The van der Waals surface area contributed by atoms with E-state index in [9.17, 15) is 9.90 Å². The molecule has 0 saturated carbocycles. The van der Waals surface area contributed by atoms with Crippen molar-refractivity contribution in [1.82, 2.24) is 5.43 Å². The summed E-state index contributed by atoms with van der Waals surface area (Å²) in [6.45, 7) is 1.65. The summed E-state index contributed by atoms with van der Waals surface area (Å²) in [5.74, 6) is 0.548. The number of phenolic OH excluding ortho intramolecular Hbond substituents is 1. The molecule has 0 heterocycles. The fourth-order valence-electron chi connectivity index (χ4n) is 1.95. The van der Waals surface area contributed by atoms with Gasteiger partial charge in [-0.3, -0.25) is 4.79 Å². The van der Waals surface area contributed by atoms with Crippen LogP contribution >= 0.6 is 31.9 Å². The Morgan fingerprint density at radius 3 is 2.80 bits per heavy atom. The maximum atomic E-state index is 11.9. The van der Waals surface area contributed by atoms with Crippen LogP contribution in [0.5, 0.6) is 17.2 Å². The molecule has 0 aliphatic heterocycles. The van der Waals surface area contributed by atoms with E-state index in [2.05, 4.69) is 42.4 Å². The SMILES string of the molecule is COc1cc(Br)cc(Br)c1OCC(=O)NN=Cc1cc(C)ccc1O. The second kappa shape index (κ2) is 8.87. The zero-order valence-electron chi connectivity index (χ0n) is 13.5. The number of phenols is 1. The zero-order chi connectivity index (χ0) is 18.4. The molecule has 0 saturated heterocycles. The highest BCUT2D eigenvalue weighted by Gasteiger charge is 2.12. The van der Waals surface area contributed by atoms with Crippen molar-refractivity contribution < 1.29 is 19.4 Å². The third kappa shape index (κ3) is 5.47. The third-order valence-corrected chi connectivity index (χ3v) is 4.16. The van der Waals surface area contributed by atoms with Gasteiger partial charge in [0.15, 0.2) is 18.1 Å². The second-order valence-electron chi connectivity index (χ2n) is 5.06. The highest BCUT2D eigenvalue weighted by Crippen LogP contribution is 2.38. The number of aryl methyl sites for hydroxylation is 1. The number of halogens is 2. The van der Waals surface area contributed by atoms with Crippen LogP contribution in [0.25, 0.3) is 0 Å². The van der Waals surface area contributed by atoms with Crippen LogP contribution in [0.4, 0.5) is 0 Å². The summed E-state index contributed by atoms with van der Waals surface area (Å²) in [5.41, 5.74) is 3.83. The van der Waals surface area contributed by atoms with Crippen LogP contribution in [0.3, 0.4) is 0 Å². The number of amides is 1. The number of nitrogens with one attached hydrogen (secondary N) is 1. The first-order valence-corrected chi connectivity index (χ1v) is 8.76. The first kappa shape index (κ1) is 19.3. The highest BCUT2D eigenvalue weighted by atomic mass is 79.9. The molecule has 0 aliphatic carbocycles.